The number of amides is 2. The number of aromatic nitrogens is 2. The number of para-hydroxylation sites is 3. The summed E-state index contributed by atoms with van der Waals surface area (Å²) in [6.07, 6.45) is 2.45. The van der Waals surface area contributed by atoms with Crippen molar-refractivity contribution in [3.05, 3.63) is 89.2 Å². The molecule has 176 valence electrons. The van der Waals surface area contributed by atoms with Gasteiger partial charge in [-0.2, -0.15) is 0 Å². The van der Waals surface area contributed by atoms with Crippen LogP contribution in [-0.4, -0.2) is 32.4 Å². The van der Waals surface area contributed by atoms with Crippen LogP contribution in [0, 0.1) is 0 Å². The summed E-state index contributed by atoms with van der Waals surface area (Å²) in [5.74, 6) is 0.0410. The summed E-state index contributed by atoms with van der Waals surface area (Å²) >= 11 is 0. The quantitative estimate of drug-likeness (QED) is 0.389. The average Bonchev–Trinajstić information content (AvgIpc) is 3.44. The molecule has 0 saturated carbocycles. The van der Waals surface area contributed by atoms with E-state index in [-0.39, 0.29) is 43.6 Å². The Morgan fingerprint density at radius 3 is 2.24 bits per heavy atom. The number of hydrogen-bond acceptors (Lipinski definition) is 4. The molecule has 0 bridgehead atoms. The first kappa shape index (κ1) is 23.1. The van der Waals surface area contributed by atoms with Gasteiger partial charge in [0.15, 0.2) is 0 Å². The second-order valence-electron chi connectivity index (χ2n) is 8.07. The maximum Gasteiger partial charge on any atom is 0.329 e. The number of benzene rings is 2. The molecule has 0 unspecified atom stereocenters. The van der Waals surface area contributed by atoms with Crippen molar-refractivity contribution in [2.45, 2.75) is 39.4 Å². The minimum atomic E-state index is -0.303. The summed E-state index contributed by atoms with van der Waals surface area (Å²) in [6, 6.07) is 20.2. The Morgan fingerprint density at radius 2 is 1.59 bits per heavy atom. The molecule has 0 aliphatic heterocycles. The van der Waals surface area contributed by atoms with Crippen molar-refractivity contribution in [3.8, 4) is 0 Å². The molecule has 2 aromatic heterocycles. The Kier molecular flexibility index (Phi) is 7.27. The van der Waals surface area contributed by atoms with E-state index in [1.807, 2.05) is 49.4 Å². The van der Waals surface area contributed by atoms with Crippen LogP contribution in [0.25, 0.3) is 11.0 Å². The molecular weight excluding hydrogens is 432 g/mol. The fourth-order valence-electron chi connectivity index (χ4n) is 4.01. The second-order valence-corrected chi connectivity index (χ2v) is 8.07. The molecule has 34 heavy (non-hydrogen) atoms. The maximum atomic E-state index is 13.2. The number of imidazole rings is 1. The molecule has 0 fully saturated rings. The van der Waals surface area contributed by atoms with Gasteiger partial charge in [-0.05, 0) is 42.8 Å². The summed E-state index contributed by atoms with van der Waals surface area (Å²) < 4.78 is 8.78. The lowest BCUT2D eigenvalue weighted by Crippen LogP contribution is -2.38. The molecule has 4 rings (SSSR count). The number of hydrogen-bond donors (Lipinski definition) is 1. The molecule has 8 nitrogen and oxygen atoms in total. The van der Waals surface area contributed by atoms with Crippen molar-refractivity contribution in [2.75, 3.05) is 11.9 Å². The van der Waals surface area contributed by atoms with Gasteiger partial charge in [0.1, 0.15) is 12.3 Å². The van der Waals surface area contributed by atoms with E-state index in [0.29, 0.717) is 18.0 Å². The van der Waals surface area contributed by atoms with Crippen LogP contribution >= 0.6 is 0 Å². The topological polar surface area (TPSA) is 89.5 Å². The van der Waals surface area contributed by atoms with Crippen molar-refractivity contribution in [1.82, 2.24) is 14.0 Å². The number of carbonyl (C=O) groups is 2. The third kappa shape index (κ3) is 5.28. The van der Waals surface area contributed by atoms with E-state index in [1.165, 1.54) is 11.2 Å². The van der Waals surface area contributed by atoms with Gasteiger partial charge in [0.05, 0.1) is 23.8 Å². The molecule has 0 spiro atoms. The van der Waals surface area contributed by atoms with Gasteiger partial charge >= 0.3 is 5.69 Å². The van der Waals surface area contributed by atoms with Crippen LogP contribution in [0.1, 0.15) is 25.5 Å². The van der Waals surface area contributed by atoms with Crippen LogP contribution in [-0.2, 0) is 29.2 Å². The van der Waals surface area contributed by atoms with Crippen LogP contribution in [0.15, 0.2) is 82.2 Å². The third-order valence-corrected chi connectivity index (χ3v) is 5.59. The molecule has 2 aromatic carbocycles. The van der Waals surface area contributed by atoms with Gasteiger partial charge in [-0.3, -0.25) is 18.7 Å². The van der Waals surface area contributed by atoms with E-state index in [2.05, 4.69) is 5.32 Å². The first-order valence-electron chi connectivity index (χ1n) is 11.4. The Labute approximate surface area is 197 Å². The zero-order valence-corrected chi connectivity index (χ0v) is 19.1. The molecule has 0 aliphatic carbocycles. The summed E-state index contributed by atoms with van der Waals surface area (Å²) in [6.45, 7) is 2.91. The van der Waals surface area contributed by atoms with Gasteiger partial charge in [0, 0.05) is 25.2 Å². The van der Waals surface area contributed by atoms with Crippen molar-refractivity contribution in [1.29, 1.82) is 0 Å². The van der Waals surface area contributed by atoms with Crippen LogP contribution in [0.5, 0.6) is 0 Å². The third-order valence-electron chi connectivity index (χ3n) is 5.59. The number of nitrogens with one attached hydrogen (secondary N) is 1. The number of nitrogens with zero attached hydrogens (tertiary/aromatic N) is 3. The fraction of sp³-hybridized carbons (Fsp3) is 0.269. The van der Waals surface area contributed by atoms with Crippen LogP contribution < -0.4 is 11.0 Å². The Balaban J connectivity index is 1.50. The normalized spacial score (nSPS) is 11.0. The maximum absolute atomic E-state index is 13.2. The highest BCUT2D eigenvalue weighted by Crippen LogP contribution is 2.15. The minimum absolute atomic E-state index is 0.0827. The number of aryl methyl sites for hydroxylation is 2. The monoisotopic (exact) mass is 460 g/mol. The van der Waals surface area contributed by atoms with E-state index in [4.69, 9.17) is 4.42 Å². The minimum Gasteiger partial charge on any atom is -0.467 e. The summed E-state index contributed by atoms with van der Waals surface area (Å²) in [7, 11) is 0. The van der Waals surface area contributed by atoms with Crippen molar-refractivity contribution in [2.24, 2.45) is 0 Å². The lowest BCUT2D eigenvalue weighted by atomic mass is 10.2. The van der Waals surface area contributed by atoms with E-state index in [0.717, 1.165) is 17.5 Å². The fourth-order valence-corrected chi connectivity index (χ4v) is 4.01. The van der Waals surface area contributed by atoms with E-state index in [9.17, 15) is 14.4 Å². The highest BCUT2D eigenvalue weighted by molar-refractivity contribution is 5.94. The Bertz CT molecular complexity index is 1310. The predicted molar refractivity (Wildman–Crippen MR) is 130 cm³/mol. The van der Waals surface area contributed by atoms with Gasteiger partial charge in [-0.25, -0.2) is 4.79 Å². The molecular formula is C26H28N4O4. The van der Waals surface area contributed by atoms with Crippen molar-refractivity contribution >= 4 is 28.5 Å². The Morgan fingerprint density at radius 1 is 0.912 bits per heavy atom. The molecule has 1 N–H and O–H groups in total. The lowest BCUT2D eigenvalue weighted by molar-refractivity contribution is -0.135. The number of fused-ring (bicyclic) bond motifs is 1. The summed E-state index contributed by atoms with van der Waals surface area (Å²) in [5, 5.41) is 2.81. The molecule has 2 heterocycles. The first-order valence-corrected chi connectivity index (χ1v) is 11.4. The van der Waals surface area contributed by atoms with E-state index < -0.39 is 0 Å². The molecule has 4 aromatic rings. The molecule has 0 aliphatic rings. The zero-order chi connectivity index (χ0) is 23.9. The van der Waals surface area contributed by atoms with Gasteiger partial charge in [0.2, 0.25) is 11.8 Å². The first-order chi connectivity index (χ1) is 16.6. The molecule has 0 saturated heterocycles. The van der Waals surface area contributed by atoms with Crippen LogP contribution in [0.4, 0.5) is 5.69 Å². The number of anilines is 1. The highest BCUT2D eigenvalue weighted by Gasteiger charge is 2.20. The molecule has 8 heteroatoms. The smallest absolute Gasteiger partial charge is 0.329 e. The van der Waals surface area contributed by atoms with E-state index >= 15 is 0 Å². The molecule has 0 atom stereocenters. The number of furan rings is 1. The van der Waals surface area contributed by atoms with Crippen LogP contribution in [0.3, 0.4) is 0 Å². The van der Waals surface area contributed by atoms with Crippen molar-refractivity contribution < 1.29 is 14.0 Å². The number of carbonyl (C=O) groups excluding carboxylic acids is 2. The predicted octanol–water partition coefficient (Wildman–Crippen LogP) is 3.86. The van der Waals surface area contributed by atoms with Gasteiger partial charge in [0.25, 0.3) is 0 Å². The number of rotatable bonds is 10. The highest BCUT2D eigenvalue weighted by atomic mass is 16.3. The van der Waals surface area contributed by atoms with E-state index in [1.54, 1.807) is 33.4 Å². The van der Waals surface area contributed by atoms with Crippen LogP contribution in [0.2, 0.25) is 0 Å². The second kappa shape index (κ2) is 10.7. The van der Waals surface area contributed by atoms with Gasteiger partial charge < -0.3 is 14.6 Å². The average molecular weight is 461 g/mol. The Hall–Kier alpha value is -4.07. The zero-order valence-electron chi connectivity index (χ0n) is 19.1. The standard InChI is InChI=1S/C26H28N4O4/c1-2-15-29-22-12-6-7-13-23(22)30(26(29)33)16-14-25(32)28(18-21-11-8-17-34-21)19-24(31)27-20-9-4-3-5-10-20/h3-13,17H,2,14-16,18-19H2,1H3,(H,27,31). The lowest BCUT2D eigenvalue weighted by Gasteiger charge is -2.21. The SMILES string of the molecule is CCCn1c(=O)n(CCC(=O)N(CC(=O)Nc2ccccc2)Cc2ccco2)c2ccccc21. The summed E-state index contributed by atoms with van der Waals surface area (Å²) in [4.78, 5) is 40.3. The molecule has 0 radical (unpaired) electrons. The van der Waals surface area contributed by atoms with Crippen molar-refractivity contribution in [3.63, 3.8) is 0 Å². The van der Waals surface area contributed by atoms with Gasteiger partial charge in [-0.1, -0.05) is 37.3 Å². The largest absolute Gasteiger partial charge is 0.467 e. The molecule has 2 amide bonds. The van der Waals surface area contributed by atoms with Gasteiger partial charge in [-0.15, -0.1) is 0 Å². The summed E-state index contributed by atoms with van der Waals surface area (Å²) in [5.41, 5.74) is 2.19.